The number of nitrogens with zero attached hydrogens (tertiary/aromatic N) is 1. The Morgan fingerprint density at radius 3 is 2.80 bits per heavy atom. The van der Waals surface area contributed by atoms with Gasteiger partial charge in [-0.15, -0.1) is 0 Å². The summed E-state index contributed by atoms with van der Waals surface area (Å²) in [4.78, 5) is 13.3. The van der Waals surface area contributed by atoms with Gasteiger partial charge in [0.15, 0.2) is 0 Å². The van der Waals surface area contributed by atoms with E-state index >= 15 is 0 Å². The number of rotatable bonds is 2. The van der Waals surface area contributed by atoms with Crippen molar-refractivity contribution in [2.45, 2.75) is 38.5 Å². The fourth-order valence-electron chi connectivity index (χ4n) is 1.66. The summed E-state index contributed by atoms with van der Waals surface area (Å²) in [5, 5.41) is 12.4. The molecule has 15 heavy (non-hydrogen) atoms. The predicted molar refractivity (Wildman–Crippen MR) is 56.7 cm³/mol. The molecule has 1 fully saturated rings. The van der Waals surface area contributed by atoms with Crippen LogP contribution in [0.1, 0.15) is 20.3 Å². The van der Waals surface area contributed by atoms with E-state index in [1.807, 2.05) is 11.9 Å². The number of carbonyl (C=O) groups excluding carboxylic acids is 1. The number of ether oxygens (including phenoxy) is 1. The number of nitrogens with one attached hydrogen (secondary N) is 1. The monoisotopic (exact) mass is 216 g/mol. The minimum atomic E-state index is -0.511. The molecule has 1 heterocycles. The molecule has 1 rings (SSSR count). The van der Waals surface area contributed by atoms with Crippen molar-refractivity contribution in [3.05, 3.63) is 0 Å². The Labute approximate surface area is 90.4 Å². The molecule has 2 N–H and O–H groups in total. The van der Waals surface area contributed by atoms with E-state index in [-0.39, 0.29) is 12.1 Å². The minimum Gasteiger partial charge on any atom is -0.447 e. The highest BCUT2D eigenvalue weighted by Crippen LogP contribution is 2.09. The zero-order chi connectivity index (χ0) is 11.4. The highest BCUT2D eigenvalue weighted by Gasteiger charge is 2.27. The maximum Gasteiger partial charge on any atom is 0.407 e. The first-order valence-corrected chi connectivity index (χ1v) is 5.33. The fraction of sp³-hybridized carbons (Fsp3) is 0.900. The molecule has 0 aromatic rings. The lowest BCUT2D eigenvalue weighted by Gasteiger charge is -2.33. The molecule has 0 saturated carbocycles. The lowest BCUT2D eigenvalue weighted by molar-refractivity contribution is 0.0438. The van der Waals surface area contributed by atoms with Crippen LogP contribution in [0.2, 0.25) is 0 Å². The summed E-state index contributed by atoms with van der Waals surface area (Å²) in [6.45, 7) is 5.06. The topological polar surface area (TPSA) is 61.8 Å². The van der Waals surface area contributed by atoms with Crippen LogP contribution in [0.25, 0.3) is 0 Å². The van der Waals surface area contributed by atoms with Crippen LogP contribution in [-0.4, -0.2) is 54.5 Å². The van der Waals surface area contributed by atoms with Gasteiger partial charge >= 0.3 is 6.09 Å². The Kier molecular flexibility index (Phi) is 4.35. The summed E-state index contributed by atoms with van der Waals surface area (Å²) >= 11 is 0. The second-order valence-corrected chi connectivity index (χ2v) is 4.32. The van der Waals surface area contributed by atoms with Gasteiger partial charge in [-0.05, 0) is 33.9 Å². The Balaban J connectivity index is 2.34. The van der Waals surface area contributed by atoms with E-state index in [1.54, 1.807) is 13.8 Å². The number of alkyl carbamates (subject to hydrolysis) is 1. The van der Waals surface area contributed by atoms with Gasteiger partial charge in [0.05, 0.1) is 18.2 Å². The van der Waals surface area contributed by atoms with Gasteiger partial charge in [-0.3, -0.25) is 0 Å². The van der Waals surface area contributed by atoms with E-state index in [9.17, 15) is 9.90 Å². The number of carbonyl (C=O) groups is 1. The van der Waals surface area contributed by atoms with Gasteiger partial charge in [0, 0.05) is 6.54 Å². The summed E-state index contributed by atoms with van der Waals surface area (Å²) in [7, 11) is 1.95. The smallest absolute Gasteiger partial charge is 0.407 e. The number of aliphatic hydroxyl groups excluding tert-OH is 1. The summed E-state index contributed by atoms with van der Waals surface area (Å²) in [6.07, 6.45) is -0.333. The SMILES string of the molecule is CC(C)OC(=O)NC1CCN(C)CC1O. The Morgan fingerprint density at radius 1 is 1.60 bits per heavy atom. The molecule has 0 radical (unpaired) electrons. The molecule has 0 aliphatic carbocycles. The molecule has 0 spiro atoms. The lowest BCUT2D eigenvalue weighted by Crippen LogP contribution is -2.53. The number of amides is 1. The molecule has 5 nitrogen and oxygen atoms in total. The first-order chi connectivity index (χ1) is 6.99. The van der Waals surface area contributed by atoms with Crippen LogP contribution in [0.3, 0.4) is 0 Å². The Morgan fingerprint density at radius 2 is 2.27 bits per heavy atom. The van der Waals surface area contributed by atoms with Gasteiger partial charge in [0.2, 0.25) is 0 Å². The molecular formula is C10H20N2O3. The van der Waals surface area contributed by atoms with E-state index in [1.165, 1.54) is 0 Å². The zero-order valence-corrected chi connectivity index (χ0v) is 9.56. The molecular weight excluding hydrogens is 196 g/mol. The van der Waals surface area contributed by atoms with Crippen molar-refractivity contribution in [3.63, 3.8) is 0 Å². The van der Waals surface area contributed by atoms with E-state index in [4.69, 9.17) is 4.74 Å². The van der Waals surface area contributed by atoms with Gasteiger partial charge in [-0.25, -0.2) is 4.79 Å². The van der Waals surface area contributed by atoms with Crippen LogP contribution < -0.4 is 5.32 Å². The first-order valence-electron chi connectivity index (χ1n) is 5.33. The standard InChI is InChI=1S/C10H20N2O3/c1-7(2)15-10(14)11-8-4-5-12(3)6-9(8)13/h7-9,13H,4-6H2,1-3H3,(H,11,14). The molecule has 1 saturated heterocycles. The number of hydrogen-bond donors (Lipinski definition) is 2. The van der Waals surface area contributed by atoms with Crippen molar-refractivity contribution >= 4 is 6.09 Å². The third-order valence-corrected chi connectivity index (χ3v) is 2.43. The Hall–Kier alpha value is -0.810. The van der Waals surface area contributed by atoms with Gasteiger partial charge in [0.1, 0.15) is 0 Å². The van der Waals surface area contributed by atoms with E-state index in [0.29, 0.717) is 6.54 Å². The normalized spacial score (nSPS) is 27.8. The molecule has 0 bridgehead atoms. The summed E-state index contributed by atoms with van der Waals surface area (Å²) < 4.78 is 4.95. The summed E-state index contributed by atoms with van der Waals surface area (Å²) in [6, 6.07) is -0.188. The molecule has 0 aromatic carbocycles. The van der Waals surface area contributed by atoms with Crippen LogP contribution in [0.5, 0.6) is 0 Å². The first kappa shape index (κ1) is 12.3. The van der Waals surface area contributed by atoms with Crippen LogP contribution in [-0.2, 0) is 4.74 Å². The molecule has 1 amide bonds. The number of β-amino-alcohol motifs (C(OH)–C–C–N with tert-alkyl or cyclic N) is 1. The molecule has 2 atom stereocenters. The lowest BCUT2D eigenvalue weighted by atomic mass is 10.0. The van der Waals surface area contributed by atoms with Crippen molar-refractivity contribution in [2.75, 3.05) is 20.1 Å². The van der Waals surface area contributed by atoms with Crippen LogP contribution in [0, 0.1) is 0 Å². The highest BCUT2D eigenvalue weighted by atomic mass is 16.6. The number of likely N-dealkylation sites (tertiary alicyclic amines) is 1. The molecule has 5 heteroatoms. The van der Waals surface area contributed by atoms with Crippen LogP contribution in [0.15, 0.2) is 0 Å². The van der Waals surface area contributed by atoms with Gasteiger partial charge in [-0.1, -0.05) is 0 Å². The van der Waals surface area contributed by atoms with E-state index in [2.05, 4.69) is 5.32 Å². The van der Waals surface area contributed by atoms with Crippen molar-refractivity contribution in [3.8, 4) is 0 Å². The van der Waals surface area contributed by atoms with E-state index in [0.717, 1.165) is 13.0 Å². The molecule has 1 aliphatic heterocycles. The van der Waals surface area contributed by atoms with Crippen molar-refractivity contribution in [1.82, 2.24) is 10.2 Å². The average Bonchev–Trinajstić information content (AvgIpc) is 2.08. The third-order valence-electron chi connectivity index (χ3n) is 2.43. The third kappa shape index (κ3) is 4.05. The molecule has 2 unspecified atom stereocenters. The molecule has 0 aromatic heterocycles. The summed E-state index contributed by atoms with van der Waals surface area (Å²) in [5.74, 6) is 0. The maximum atomic E-state index is 11.3. The fourth-order valence-corrected chi connectivity index (χ4v) is 1.66. The van der Waals surface area contributed by atoms with Crippen molar-refractivity contribution < 1.29 is 14.6 Å². The highest BCUT2D eigenvalue weighted by molar-refractivity contribution is 5.67. The van der Waals surface area contributed by atoms with Crippen molar-refractivity contribution in [2.24, 2.45) is 0 Å². The number of aliphatic hydroxyl groups is 1. The largest absolute Gasteiger partial charge is 0.447 e. The molecule has 88 valence electrons. The number of hydrogen-bond acceptors (Lipinski definition) is 4. The average molecular weight is 216 g/mol. The molecule has 1 aliphatic rings. The van der Waals surface area contributed by atoms with Gasteiger partial charge in [0.25, 0.3) is 0 Å². The Bertz CT molecular complexity index is 221. The number of likely N-dealkylation sites (N-methyl/N-ethyl adjacent to an activating group) is 1. The summed E-state index contributed by atoms with van der Waals surface area (Å²) in [5.41, 5.74) is 0. The quantitative estimate of drug-likeness (QED) is 0.691. The predicted octanol–water partition coefficient (Wildman–Crippen LogP) is 0.186. The number of piperidine rings is 1. The van der Waals surface area contributed by atoms with Gasteiger partial charge < -0.3 is 20.1 Å². The van der Waals surface area contributed by atoms with Crippen LogP contribution >= 0.6 is 0 Å². The zero-order valence-electron chi connectivity index (χ0n) is 9.56. The second kappa shape index (κ2) is 5.32. The van der Waals surface area contributed by atoms with Gasteiger partial charge in [-0.2, -0.15) is 0 Å². The van der Waals surface area contributed by atoms with E-state index < -0.39 is 12.2 Å². The van der Waals surface area contributed by atoms with Crippen molar-refractivity contribution in [1.29, 1.82) is 0 Å². The second-order valence-electron chi connectivity index (χ2n) is 4.32. The van der Waals surface area contributed by atoms with Crippen LogP contribution in [0.4, 0.5) is 4.79 Å². The minimum absolute atomic E-state index is 0.131. The maximum absolute atomic E-state index is 11.3.